The SMILES string of the molecule is C/C(=C\C(C)c1ccccc1)C[C@@]1(C=O)CO1. The van der Waals surface area contributed by atoms with Crippen LogP contribution < -0.4 is 0 Å². The normalized spacial score (nSPS) is 25.4. The van der Waals surface area contributed by atoms with Gasteiger partial charge in [-0.15, -0.1) is 0 Å². The summed E-state index contributed by atoms with van der Waals surface area (Å²) in [7, 11) is 0. The van der Waals surface area contributed by atoms with Crippen molar-refractivity contribution in [2.45, 2.75) is 31.8 Å². The zero-order valence-corrected chi connectivity index (χ0v) is 10.3. The minimum absolute atomic E-state index is 0.374. The lowest BCUT2D eigenvalue weighted by atomic mass is 9.95. The van der Waals surface area contributed by atoms with Gasteiger partial charge in [0, 0.05) is 6.42 Å². The summed E-state index contributed by atoms with van der Waals surface area (Å²) in [6, 6.07) is 10.4. The monoisotopic (exact) mass is 230 g/mol. The van der Waals surface area contributed by atoms with E-state index in [1.807, 2.05) is 18.2 Å². The summed E-state index contributed by atoms with van der Waals surface area (Å²) in [5.74, 6) is 0.374. The molecule has 0 radical (unpaired) electrons. The third-order valence-corrected chi connectivity index (χ3v) is 3.17. The molecule has 1 heterocycles. The van der Waals surface area contributed by atoms with E-state index < -0.39 is 5.60 Å². The molecule has 0 spiro atoms. The molecular weight excluding hydrogens is 212 g/mol. The largest absolute Gasteiger partial charge is 0.361 e. The fraction of sp³-hybridized carbons (Fsp3) is 0.400. The van der Waals surface area contributed by atoms with Crippen LogP contribution in [0, 0.1) is 0 Å². The quantitative estimate of drug-likeness (QED) is 0.442. The van der Waals surface area contributed by atoms with E-state index in [0.717, 1.165) is 6.29 Å². The average Bonchev–Trinajstić information content (AvgIpc) is 3.10. The number of allylic oxidation sites excluding steroid dienone is 1. The van der Waals surface area contributed by atoms with Crippen LogP contribution in [0.5, 0.6) is 0 Å². The molecule has 0 aromatic heterocycles. The maximum Gasteiger partial charge on any atom is 0.154 e. The predicted octanol–water partition coefficient (Wildman–Crippen LogP) is 3.09. The van der Waals surface area contributed by atoms with E-state index in [1.165, 1.54) is 11.1 Å². The summed E-state index contributed by atoms with van der Waals surface area (Å²) in [5, 5.41) is 0. The molecule has 1 aliphatic rings. The molecule has 1 saturated heterocycles. The Hall–Kier alpha value is -1.41. The zero-order chi connectivity index (χ0) is 12.3. The van der Waals surface area contributed by atoms with Gasteiger partial charge in [0.2, 0.25) is 0 Å². The number of carbonyl (C=O) groups excluding carboxylic acids is 1. The Kier molecular flexibility index (Phi) is 3.43. The van der Waals surface area contributed by atoms with E-state index in [4.69, 9.17) is 4.74 Å². The predicted molar refractivity (Wildman–Crippen MR) is 68.0 cm³/mol. The highest BCUT2D eigenvalue weighted by atomic mass is 16.6. The second kappa shape index (κ2) is 4.84. The Morgan fingerprint density at radius 2 is 2.12 bits per heavy atom. The topological polar surface area (TPSA) is 29.6 Å². The third kappa shape index (κ3) is 3.04. The van der Waals surface area contributed by atoms with Gasteiger partial charge in [-0.25, -0.2) is 0 Å². The summed E-state index contributed by atoms with van der Waals surface area (Å²) >= 11 is 0. The maximum atomic E-state index is 10.8. The van der Waals surface area contributed by atoms with Gasteiger partial charge in [-0.2, -0.15) is 0 Å². The fourth-order valence-corrected chi connectivity index (χ4v) is 2.11. The van der Waals surface area contributed by atoms with E-state index in [-0.39, 0.29) is 0 Å². The minimum atomic E-state index is -0.503. The Bertz CT molecular complexity index is 416. The summed E-state index contributed by atoms with van der Waals surface area (Å²) in [6.45, 7) is 4.80. The van der Waals surface area contributed by atoms with Crippen molar-refractivity contribution < 1.29 is 9.53 Å². The Balaban J connectivity index is 2.01. The second-order valence-corrected chi connectivity index (χ2v) is 4.86. The first-order valence-electron chi connectivity index (χ1n) is 5.98. The van der Waals surface area contributed by atoms with Crippen LogP contribution in [0.2, 0.25) is 0 Å². The van der Waals surface area contributed by atoms with Gasteiger partial charge in [-0.3, -0.25) is 0 Å². The van der Waals surface area contributed by atoms with Crippen LogP contribution in [0.4, 0.5) is 0 Å². The Labute approximate surface area is 102 Å². The number of carbonyl (C=O) groups is 1. The summed E-state index contributed by atoms with van der Waals surface area (Å²) in [5.41, 5.74) is 2.01. The molecule has 1 aromatic rings. The molecule has 2 heteroatoms. The van der Waals surface area contributed by atoms with Crippen molar-refractivity contribution in [3.63, 3.8) is 0 Å². The van der Waals surface area contributed by atoms with Gasteiger partial charge in [0.25, 0.3) is 0 Å². The minimum Gasteiger partial charge on any atom is -0.361 e. The number of epoxide rings is 1. The van der Waals surface area contributed by atoms with Crippen LogP contribution in [0.3, 0.4) is 0 Å². The van der Waals surface area contributed by atoms with Crippen molar-refractivity contribution in [2.24, 2.45) is 0 Å². The summed E-state index contributed by atoms with van der Waals surface area (Å²) in [6.07, 6.45) is 3.85. The molecule has 0 N–H and O–H groups in total. The molecule has 1 fully saturated rings. The second-order valence-electron chi connectivity index (χ2n) is 4.86. The van der Waals surface area contributed by atoms with Gasteiger partial charge in [0.15, 0.2) is 11.9 Å². The lowest BCUT2D eigenvalue weighted by Crippen LogP contribution is -2.13. The van der Waals surface area contributed by atoms with Crippen molar-refractivity contribution in [1.29, 1.82) is 0 Å². The number of aldehydes is 1. The van der Waals surface area contributed by atoms with Gasteiger partial charge in [0.05, 0.1) is 6.61 Å². The standard InChI is InChI=1S/C15H18O2/c1-12(9-15(10-16)11-17-15)8-13(2)14-6-4-3-5-7-14/h3-8,10,13H,9,11H2,1-2H3/b12-8+/t13?,15-/m1/s1. The summed E-state index contributed by atoms with van der Waals surface area (Å²) < 4.78 is 5.19. The van der Waals surface area contributed by atoms with E-state index in [1.54, 1.807) is 0 Å². The Morgan fingerprint density at radius 3 is 2.65 bits per heavy atom. The van der Waals surface area contributed by atoms with Crippen molar-refractivity contribution in [3.05, 3.63) is 47.5 Å². The van der Waals surface area contributed by atoms with E-state index in [2.05, 4.69) is 32.1 Å². The molecular formula is C15H18O2. The first kappa shape index (κ1) is 12.1. The van der Waals surface area contributed by atoms with Gasteiger partial charge >= 0.3 is 0 Å². The van der Waals surface area contributed by atoms with Crippen LogP contribution in [0.15, 0.2) is 42.0 Å². The molecule has 0 aliphatic carbocycles. The number of ether oxygens (including phenoxy) is 1. The molecule has 2 atom stereocenters. The molecule has 0 bridgehead atoms. The highest BCUT2D eigenvalue weighted by molar-refractivity contribution is 5.66. The van der Waals surface area contributed by atoms with Crippen LogP contribution in [-0.2, 0) is 9.53 Å². The number of hydrogen-bond donors (Lipinski definition) is 0. The summed E-state index contributed by atoms with van der Waals surface area (Å²) in [4.78, 5) is 10.8. The van der Waals surface area contributed by atoms with Crippen molar-refractivity contribution in [2.75, 3.05) is 6.61 Å². The molecule has 0 saturated carbocycles. The molecule has 17 heavy (non-hydrogen) atoms. The highest BCUT2D eigenvalue weighted by Gasteiger charge is 2.44. The zero-order valence-electron chi connectivity index (χ0n) is 10.3. The lowest BCUT2D eigenvalue weighted by molar-refractivity contribution is -0.112. The fourth-order valence-electron chi connectivity index (χ4n) is 2.11. The highest BCUT2D eigenvalue weighted by Crippen LogP contribution is 2.32. The third-order valence-electron chi connectivity index (χ3n) is 3.17. The smallest absolute Gasteiger partial charge is 0.154 e. The van der Waals surface area contributed by atoms with Crippen molar-refractivity contribution >= 4 is 6.29 Å². The number of benzene rings is 1. The van der Waals surface area contributed by atoms with E-state index in [0.29, 0.717) is 18.9 Å². The first-order valence-corrected chi connectivity index (χ1v) is 5.98. The molecule has 90 valence electrons. The van der Waals surface area contributed by atoms with Crippen molar-refractivity contribution in [1.82, 2.24) is 0 Å². The van der Waals surface area contributed by atoms with E-state index in [9.17, 15) is 4.79 Å². The number of rotatable bonds is 5. The maximum absolute atomic E-state index is 10.8. The molecule has 0 amide bonds. The van der Waals surface area contributed by atoms with Crippen LogP contribution in [0.25, 0.3) is 0 Å². The molecule has 2 rings (SSSR count). The number of hydrogen-bond acceptors (Lipinski definition) is 2. The van der Waals surface area contributed by atoms with Gasteiger partial charge < -0.3 is 9.53 Å². The van der Waals surface area contributed by atoms with Gasteiger partial charge in [-0.1, -0.05) is 48.9 Å². The molecule has 1 unspecified atom stereocenters. The lowest BCUT2D eigenvalue weighted by Gasteiger charge is -2.10. The van der Waals surface area contributed by atoms with Crippen LogP contribution in [-0.4, -0.2) is 18.5 Å². The van der Waals surface area contributed by atoms with Crippen molar-refractivity contribution in [3.8, 4) is 0 Å². The Morgan fingerprint density at radius 1 is 1.47 bits per heavy atom. The first-order chi connectivity index (χ1) is 8.15. The van der Waals surface area contributed by atoms with E-state index >= 15 is 0 Å². The van der Waals surface area contributed by atoms with Crippen LogP contribution >= 0.6 is 0 Å². The van der Waals surface area contributed by atoms with Crippen LogP contribution in [0.1, 0.15) is 31.7 Å². The van der Waals surface area contributed by atoms with Gasteiger partial charge in [0.1, 0.15) is 0 Å². The average molecular weight is 230 g/mol. The molecule has 2 nitrogen and oxygen atoms in total. The molecule has 1 aromatic carbocycles. The van der Waals surface area contributed by atoms with Gasteiger partial charge in [-0.05, 0) is 18.4 Å². The molecule has 1 aliphatic heterocycles.